The van der Waals surface area contributed by atoms with Gasteiger partial charge in [0, 0.05) is 12.0 Å². The van der Waals surface area contributed by atoms with E-state index >= 15 is 0 Å². The summed E-state index contributed by atoms with van der Waals surface area (Å²) in [5.41, 5.74) is 5.89. The Morgan fingerprint density at radius 1 is 1.11 bits per heavy atom. The zero-order valence-electron chi connectivity index (χ0n) is 12.4. The van der Waals surface area contributed by atoms with Crippen LogP contribution in [0, 0.1) is 20.8 Å². The summed E-state index contributed by atoms with van der Waals surface area (Å²) < 4.78 is 0. The second-order valence-corrected chi connectivity index (χ2v) is 6.27. The van der Waals surface area contributed by atoms with Crippen LogP contribution >= 0.6 is 12.6 Å². The molecule has 0 aliphatic carbocycles. The molecule has 18 heavy (non-hydrogen) atoms. The van der Waals surface area contributed by atoms with Gasteiger partial charge in [-0.3, -0.25) is 0 Å². The fourth-order valence-corrected chi connectivity index (χ4v) is 2.55. The van der Waals surface area contributed by atoms with E-state index in [9.17, 15) is 0 Å². The Kier molecular flexibility index (Phi) is 5.74. The van der Waals surface area contributed by atoms with E-state index in [0.717, 1.165) is 25.3 Å². The van der Waals surface area contributed by atoms with Crippen molar-refractivity contribution in [2.45, 2.75) is 46.5 Å². The molecular formula is C16H27NS. The molecule has 0 unspecified atom stereocenters. The Balaban J connectivity index is 2.81. The highest BCUT2D eigenvalue weighted by molar-refractivity contribution is 7.80. The van der Waals surface area contributed by atoms with Gasteiger partial charge < -0.3 is 5.32 Å². The van der Waals surface area contributed by atoms with Crippen molar-refractivity contribution in [2.75, 3.05) is 18.8 Å². The summed E-state index contributed by atoms with van der Waals surface area (Å²) in [5.74, 6) is 0.954. The quantitative estimate of drug-likeness (QED) is 0.589. The normalized spacial score (nSPS) is 11.9. The second-order valence-electron chi connectivity index (χ2n) is 5.82. The van der Waals surface area contributed by atoms with E-state index in [2.05, 4.69) is 64.7 Å². The van der Waals surface area contributed by atoms with Crippen molar-refractivity contribution < 1.29 is 0 Å². The minimum Gasteiger partial charge on any atom is -0.316 e. The first-order chi connectivity index (χ1) is 8.40. The number of benzene rings is 1. The van der Waals surface area contributed by atoms with Gasteiger partial charge in [0.15, 0.2) is 0 Å². The lowest BCUT2D eigenvalue weighted by molar-refractivity contribution is 0.467. The summed E-state index contributed by atoms with van der Waals surface area (Å²) in [5, 5.41) is 3.54. The van der Waals surface area contributed by atoms with Gasteiger partial charge in [-0.15, -0.1) is 0 Å². The fourth-order valence-electron chi connectivity index (χ4n) is 2.39. The summed E-state index contributed by atoms with van der Waals surface area (Å²) in [6.45, 7) is 13.4. The van der Waals surface area contributed by atoms with Crippen molar-refractivity contribution >= 4 is 12.6 Å². The maximum Gasteiger partial charge on any atom is 0.00432 e. The molecule has 1 nitrogen and oxygen atoms in total. The van der Waals surface area contributed by atoms with E-state index in [1.54, 1.807) is 0 Å². The molecule has 0 fully saturated rings. The van der Waals surface area contributed by atoms with Gasteiger partial charge in [-0.1, -0.05) is 26.0 Å². The average Bonchev–Trinajstić information content (AvgIpc) is 2.31. The highest BCUT2D eigenvalue weighted by Gasteiger charge is 2.22. The van der Waals surface area contributed by atoms with Gasteiger partial charge in [0.1, 0.15) is 0 Å². The van der Waals surface area contributed by atoms with E-state index in [4.69, 9.17) is 0 Å². The van der Waals surface area contributed by atoms with Crippen LogP contribution < -0.4 is 5.32 Å². The van der Waals surface area contributed by atoms with E-state index in [0.29, 0.717) is 0 Å². The number of hydrogen-bond donors (Lipinski definition) is 2. The first-order valence-electron chi connectivity index (χ1n) is 6.79. The molecule has 0 saturated carbocycles. The van der Waals surface area contributed by atoms with Crippen LogP contribution in [0.2, 0.25) is 0 Å². The molecule has 0 aliphatic heterocycles. The molecule has 0 atom stereocenters. The van der Waals surface area contributed by atoms with Crippen molar-refractivity contribution in [1.82, 2.24) is 5.32 Å². The van der Waals surface area contributed by atoms with Crippen molar-refractivity contribution in [3.63, 3.8) is 0 Å². The molecule has 0 aliphatic rings. The number of hydrogen-bond acceptors (Lipinski definition) is 2. The fraction of sp³-hybridized carbons (Fsp3) is 0.625. The maximum atomic E-state index is 4.24. The Morgan fingerprint density at radius 2 is 1.78 bits per heavy atom. The maximum absolute atomic E-state index is 4.24. The third kappa shape index (κ3) is 3.76. The zero-order chi connectivity index (χ0) is 13.8. The van der Waals surface area contributed by atoms with Crippen LogP contribution in [0.25, 0.3) is 0 Å². The van der Waals surface area contributed by atoms with Crippen LogP contribution in [-0.4, -0.2) is 18.8 Å². The predicted octanol–water partition coefficient (Wildman–Crippen LogP) is 3.80. The monoisotopic (exact) mass is 265 g/mol. The lowest BCUT2D eigenvalue weighted by Crippen LogP contribution is -2.34. The van der Waals surface area contributed by atoms with Crippen LogP contribution in [0.3, 0.4) is 0 Å². The van der Waals surface area contributed by atoms with E-state index in [1.807, 2.05) is 0 Å². The summed E-state index contributed by atoms with van der Waals surface area (Å²) in [7, 11) is 0. The molecule has 1 aromatic rings. The lowest BCUT2D eigenvalue weighted by Gasteiger charge is -2.29. The molecule has 0 spiro atoms. The van der Waals surface area contributed by atoms with E-state index < -0.39 is 0 Å². The molecular weight excluding hydrogens is 238 g/mol. The second kappa shape index (κ2) is 6.63. The minimum absolute atomic E-state index is 0.180. The summed E-state index contributed by atoms with van der Waals surface area (Å²) in [4.78, 5) is 0. The van der Waals surface area contributed by atoms with Gasteiger partial charge in [0.05, 0.1) is 0 Å². The molecule has 0 heterocycles. The van der Waals surface area contributed by atoms with Gasteiger partial charge in [-0.25, -0.2) is 0 Å². The Labute approximate surface area is 118 Å². The Hall–Kier alpha value is -0.470. The van der Waals surface area contributed by atoms with Gasteiger partial charge in [0.25, 0.3) is 0 Å². The molecule has 0 aromatic heterocycles. The Morgan fingerprint density at radius 3 is 2.39 bits per heavy atom. The molecule has 1 rings (SSSR count). The summed E-state index contributed by atoms with van der Waals surface area (Å²) >= 11 is 4.24. The van der Waals surface area contributed by atoms with Crippen LogP contribution in [0.5, 0.6) is 0 Å². The average molecular weight is 265 g/mol. The minimum atomic E-state index is 0.180. The third-order valence-electron chi connectivity index (χ3n) is 3.87. The van der Waals surface area contributed by atoms with Crippen molar-refractivity contribution in [1.29, 1.82) is 0 Å². The summed E-state index contributed by atoms with van der Waals surface area (Å²) in [6.07, 6.45) is 1.13. The molecule has 1 N–H and O–H groups in total. The number of aryl methyl sites for hydroxylation is 1. The van der Waals surface area contributed by atoms with Gasteiger partial charge >= 0.3 is 0 Å². The molecule has 2 heteroatoms. The van der Waals surface area contributed by atoms with Crippen molar-refractivity contribution in [3.05, 3.63) is 34.4 Å². The Bertz CT molecular complexity index is 396. The SMILES string of the molecule is Cc1ccc(C(C)(C)CNCCCS)c(C)c1C. The third-order valence-corrected chi connectivity index (χ3v) is 4.18. The van der Waals surface area contributed by atoms with Gasteiger partial charge in [-0.2, -0.15) is 12.6 Å². The highest BCUT2D eigenvalue weighted by atomic mass is 32.1. The number of thiol groups is 1. The molecule has 102 valence electrons. The number of nitrogens with one attached hydrogen (secondary N) is 1. The van der Waals surface area contributed by atoms with Crippen LogP contribution in [0.15, 0.2) is 12.1 Å². The molecule has 0 amide bonds. The smallest absolute Gasteiger partial charge is 0.00432 e. The molecule has 0 bridgehead atoms. The van der Waals surface area contributed by atoms with Crippen molar-refractivity contribution in [2.24, 2.45) is 0 Å². The van der Waals surface area contributed by atoms with Gasteiger partial charge in [0.2, 0.25) is 0 Å². The molecule has 0 saturated heterocycles. The van der Waals surface area contributed by atoms with Crippen LogP contribution in [0.4, 0.5) is 0 Å². The predicted molar refractivity (Wildman–Crippen MR) is 85.0 cm³/mol. The van der Waals surface area contributed by atoms with Gasteiger partial charge in [-0.05, 0) is 61.7 Å². The standard InChI is InChI=1S/C16H27NS/c1-12-7-8-15(14(3)13(12)2)16(4,5)11-17-9-6-10-18/h7-8,17-18H,6,9-11H2,1-5H3. The number of rotatable bonds is 6. The summed E-state index contributed by atoms with van der Waals surface area (Å²) in [6, 6.07) is 4.53. The molecule has 1 aromatic carbocycles. The molecule has 0 radical (unpaired) electrons. The van der Waals surface area contributed by atoms with Crippen LogP contribution in [-0.2, 0) is 5.41 Å². The highest BCUT2D eigenvalue weighted by Crippen LogP contribution is 2.28. The zero-order valence-corrected chi connectivity index (χ0v) is 13.3. The topological polar surface area (TPSA) is 12.0 Å². The van der Waals surface area contributed by atoms with Crippen LogP contribution in [0.1, 0.15) is 42.5 Å². The first-order valence-corrected chi connectivity index (χ1v) is 7.42. The first kappa shape index (κ1) is 15.6. The van der Waals surface area contributed by atoms with Crippen molar-refractivity contribution in [3.8, 4) is 0 Å². The van der Waals surface area contributed by atoms with E-state index in [-0.39, 0.29) is 5.41 Å². The lowest BCUT2D eigenvalue weighted by atomic mass is 9.80. The largest absolute Gasteiger partial charge is 0.316 e. The van der Waals surface area contributed by atoms with E-state index in [1.165, 1.54) is 22.3 Å².